The van der Waals surface area contributed by atoms with E-state index in [1.54, 1.807) is 31.1 Å². The molecule has 1 unspecified atom stereocenters. The lowest BCUT2D eigenvalue weighted by Crippen LogP contribution is -2.51. The van der Waals surface area contributed by atoms with E-state index in [2.05, 4.69) is 20.5 Å². The van der Waals surface area contributed by atoms with Crippen LogP contribution in [0.3, 0.4) is 0 Å². The molecular weight excluding hydrogens is 729 g/mol. The molecule has 3 saturated heterocycles. The van der Waals surface area contributed by atoms with Gasteiger partial charge in [0.05, 0.1) is 12.5 Å². The number of hydrogen-bond donors (Lipinski definition) is 2. The second-order valence-electron chi connectivity index (χ2n) is 14.6. The first-order valence-corrected chi connectivity index (χ1v) is 19.2. The van der Waals surface area contributed by atoms with Crippen molar-refractivity contribution in [2.75, 3.05) is 45.7 Å². The molecule has 54 heavy (non-hydrogen) atoms. The summed E-state index contributed by atoms with van der Waals surface area (Å²) in [6, 6.07) is 11.3. The van der Waals surface area contributed by atoms with Crippen LogP contribution in [-0.4, -0.2) is 94.5 Å². The minimum Gasteiger partial charge on any atom is -0.496 e. The van der Waals surface area contributed by atoms with Crippen LogP contribution in [0.1, 0.15) is 55.6 Å². The number of hydrogen-bond acceptors (Lipinski definition) is 8. The second-order valence-corrected chi connectivity index (χ2v) is 15.4. The van der Waals surface area contributed by atoms with Crippen LogP contribution in [0.2, 0.25) is 10.0 Å². The topological polar surface area (TPSA) is 129 Å². The third-order valence-corrected chi connectivity index (χ3v) is 11.9. The zero-order valence-corrected chi connectivity index (χ0v) is 32.3. The quantitative estimate of drug-likeness (QED) is 0.208. The van der Waals surface area contributed by atoms with Crippen molar-refractivity contribution in [2.24, 2.45) is 7.05 Å². The van der Waals surface area contributed by atoms with E-state index >= 15 is 0 Å². The number of imide groups is 1. The van der Waals surface area contributed by atoms with Gasteiger partial charge in [0.15, 0.2) is 0 Å². The molecular formula is C40H45Cl2N7O5. The maximum Gasteiger partial charge on any atom is 0.319 e. The van der Waals surface area contributed by atoms with Crippen LogP contribution < -0.4 is 20.9 Å². The number of nitrogens with one attached hydrogen (secondary N) is 2. The lowest BCUT2D eigenvalue weighted by atomic mass is 9.89. The number of aromatic nitrogens is 2. The normalized spacial score (nSPS) is 18.8. The molecule has 4 aromatic rings. The molecule has 2 aromatic carbocycles. The van der Waals surface area contributed by atoms with Gasteiger partial charge in [-0.25, -0.2) is 4.79 Å². The van der Waals surface area contributed by atoms with Gasteiger partial charge in [0.25, 0.3) is 5.56 Å². The Morgan fingerprint density at radius 3 is 2.44 bits per heavy atom. The van der Waals surface area contributed by atoms with Crippen molar-refractivity contribution in [3.05, 3.63) is 86.5 Å². The Balaban J connectivity index is 0.923. The Morgan fingerprint density at radius 1 is 0.981 bits per heavy atom. The van der Waals surface area contributed by atoms with Crippen LogP contribution in [0, 0.1) is 0 Å². The molecule has 3 aliphatic rings. The number of methoxy groups -OCH3 is 1. The summed E-state index contributed by atoms with van der Waals surface area (Å²) in [5.74, 6) is 0.352. The number of urea groups is 1. The number of anilines is 1. The Labute approximate surface area is 324 Å². The molecule has 5 heterocycles. The fourth-order valence-electron chi connectivity index (χ4n) is 8.07. The highest BCUT2D eigenvalue weighted by Gasteiger charge is 2.32. The minimum atomic E-state index is -0.469. The molecule has 2 N–H and O–H groups in total. The molecule has 2 aromatic heterocycles. The number of halogens is 2. The first-order valence-electron chi connectivity index (χ1n) is 18.4. The lowest BCUT2D eigenvalue weighted by Gasteiger charge is -2.40. The molecule has 4 amide bonds. The summed E-state index contributed by atoms with van der Waals surface area (Å²) < 4.78 is 7.41. The first-order chi connectivity index (χ1) is 26.0. The summed E-state index contributed by atoms with van der Waals surface area (Å²) in [7, 11) is 5.29. The van der Waals surface area contributed by atoms with Crippen LogP contribution in [0.4, 0.5) is 10.5 Å². The molecule has 7 rings (SSSR count). The van der Waals surface area contributed by atoms with E-state index in [4.69, 9.17) is 27.9 Å². The van der Waals surface area contributed by atoms with Crippen molar-refractivity contribution < 1.29 is 19.1 Å². The summed E-state index contributed by atoms with van der Waals surface area (Å²) in [6.45, 7) is 3.56. The maximum absolute atomic E-state index is 13.7. The Hall–Kier alpha value is -4.65. The molecule has 284 valence electrons. The van der Waals surface area contributed by atoms with Gasteiger partial charge in [-0.3, -0.25) is 29.6 Å². The van der Waals surface area contributed by atoms with Gasteiger partial charge in [-0.15, -0.1) is 0 Å². The fraction of sp³-hybridized carbons (Fsp3) is 0.425. The van der Waals surface area contributed by atoms with Crippen molar-refractivity contribution in [2.45, 2.75) is 63.1 Å². The lowest BCUT2D eigenvalue weighted by molar-refractivity contribution is -0.133. The number of piperidine rings is 3. The molecule has 1 atom stereocenters. The zero-order chi connectivity index (χ0) is 38.1. The van der Waals surface area contributed by atoms with Crippen molar-refractivity contribution in [3.8, 4) is 16.9 Å². The van der Waals surface area contributed by atoms with E-state index in [-0.39, 0.29) is 35.4 Å². The molecule has 0 radical (unpaired) electrons. The number of fused-ring (bicyclic) bond motifs is 1. The largest absolute Gasteiger partial charge is 0.496 e. The molecule has 3 fully saturated rings. The second kappa shape index (κ2) is 16.0. The number of rotatable bonds is 8. The van der Waals surface area contributed by atoms with Crippen LogP contribution in [0.5, 0.6) is 5.75 Å². The number of amides is 4. The number of ether oxygens (including phenoxy) is 1. The van der Waals surface area contributed by atoms with Gasteiger partial charge in [-0.2, -0.15) is 0 Å². The van der Waals surface area contributed by atoms with E-state index in [0.29, 0.717) is 53.7 Å². The van der Waals surface area contributed by atoms with Crippen LogP contribution in [-0.2, 0) is 23.2 Å². The molecule has 0 bridgehead atoms. The van der Waals surface area contributed by atoms with Gasteiger partial charge in [0, 0.05) is 105 Å². The predicted octanol–water partition coefficient (Wildman–Crippen LogP) is 6.03. The molecule has 12 nitrogen and oxygen atoms in total. The first kappa shape index (κ1) is 37.7. The highest BCUT2D eigenvalue weighted by molar-refractivity contribution is 6.32. The number of carbonyl (C=O) groups excluding carboxylic acids is 3. The fourth-order valence-corrected chi connectivity index (χ4v) is 8.68. The number of aryl methyl sites for hydroxylation is 1. The molecule has 0 saturated carbocycles. The summed E-state index contributed by atoms with van der Waals surface area (Å²) in [6.07, 6.45) is 9.18. The average molecular weight is 775 g/mol. The predicted molar refractivity (Wildman–Crippen MR) is 210 cm³/mol. The summed E-state index contributed by atoms with van der Waals surface area (Å²) >= 11 is 13.7. The SMILES string of the molecule is COc1cc(-c2cn(C)c(=O)c3cnccc23)cc(Cl)c1CN1CCC(N(C)C(=O)N2CCC(c3ccc(NC4CCC(=O)NC4=O)cc3Cl)CC2)CC1. The van der Waals surface area contributed by atoms with Crippen molar-refractivity contribution >= 4 is 57.5 Å². The maximum atomic E-state index is 13.7. The summed E-state index contributed by atoms with van der Waals surface area (Å²) in [5.41, 5.74) is 4.31. The van der Waals surface area contributed by atoms with E-state index in [0.717, 1.165) is 72.1 Å². The third-order valence-electron chi connectivity index (χ3n) is 11.2. The van der Waals surface area contributed by atoms with Gasteiger partial charge in [-0.05, 0) is 84.9 Å². The van der Waals surface area contributed by atoms with Gasteiger partial charge in [0.1, 0.15) is 11.8 Å². The summed E-state index contributed by atoms with van der Waals surface area (Å²) in [4.78, 5) is 60.4. The third kappa shape index (κ3) is 7.78. The molecule has 0 aliphatic carbocycles. The van der Waals surface area contributed by atoms with E-state index in [1.165, 1.54) is 0 Å². The monoisotopic (exact) mass is 773 g/mol. The van der Waals surface area contributed by atoms with Crippen LogP contribution >= 0.6 is 23.2 Å². The Bertz CT molecular complexity index is 2140. The van der Waals surface area contributed by atoms with Gasteiger partial charge < -0.3 is 24.4 Å². The van der Waals surface area contributed by atoms with Crippen molar-refractivity contribution in [3.63, 3.8) is 0 Å². The molecule has 14 heteroatoms. The van der Waals surface area contributed by atoms with Crippen LogP contribution in [0.15, 0.2) is 59.8 Å². The van der Waals surface area contributed by atoms with Gasteiger partial charge >= 0.3 is 6.03 Å². The highest BCUT2D eigenvalue weighted by atomic mass is 35.5. The number of likely N-dealkylation sites (tertiary alicyclic amines) is 2. The summed E-state index contributed by atoms with van der Waals surface area (Å²) in [5, 5.41) is 8.14. The van der Waals surface area contributed by atoms with Gasteiger partial charge in [0.2, 0.25) is 11.8 Å². The molecule has 3 aliphatic heterocycles. The van der Waals surface area contributed by atoms with Crippen molar-refractivity contribution in [1.82, 2.24) is 29.6 Å². The number of pyridine rings is 2. The standard InChI is InChI=1S/C40H45Cl2N7O5/c1-46-22-31(29-8-13-43-21-30(29)39(46)52)25-18-33(41)32(36(19-25)54-3)23-48-14-11-27(12-15-48)47(2)40(53)49-16-9-24(10-17-49)28-5-4-26(20-34(28)42)44-35-6-7-37(50)45-38(35)51/h4-5,8,13,18-22,24,27,35,44H,6-7,9-12,14-17,23H2,1-3H3,(H,45,50,51). The van der Waals surface area contributed by atoms with E-state index in [1.807, 2.05) is 59.4 Å². The number of nitrogens with zero attached hydrogens (tertiary/aromatic N) is 5. The smallest absolute Gasteiger partial charge is 0.319 e. The average Bonchev–Trinajstić information content (AvgIpc) is 3.18. The number of benzene rings is 2. The Morgan fingerprint density at radius 2 is 1.74 bits per heavy atom. The van der Waals surface area contributed by atoms with E-state index < -0.39 is 6.04 Å². The zero-order valence-electron chi connectivity index (χ0n) is 30.7. The van der Waals surface area contributed by atoms with Crippen LogP contribution in [0.25, 0.3) is 21.9 Å². The Kier molecular flexibility index (Phi) is 11.1. The van der Waals surface area contributed by atoms with Crippen molar-refractivity contribution in [1.29, 1.82) is 0 Å². The van der Waals surface area contributed by atoms with Gasteiger partial charge in [-0.1, -0.05) is 29.3 Å². The minimum absolute atomic E-state index is 0.0591. The number of carbonyl (C=O) groups is 3. The highest BCUT2D eigenvalue weighted by Crippen LogP contribution is 2.38. The van der Waals surface area contributed by atoms with E-state index in [9.17, 15) is 19.2 Å². The molecule has 0 spiro atoms.